The highest BCUT2D eigenvalue weighted by Gasteiger charge is 2.22. The molecular formula is C22H23N5OS. The zero-order valence-corrected chi connectivity index (χ0v) is 17.0. The Kier molecular flexibility index (Phi) is 6.36. The number of rotatable bonds is 6. The van der Waals surface area contributed by atoms with Gasteiger partial charge in [0.15, 0.2) is 5.82 Å². The van der Waals surface area contributed by atoms with Crippen molar-refractivity contribution in [3.63, 3.8) is 0 Å². The zero-order chi connectivity index (χ0) is 19.9. The average molecular weight is 406 g/mol. The molecule has 0 N–H and O–H groups in total. The molecule has 1 amide bonds. The molecule has 29 heavy (non-hydrogen) atoms. The molecule has 0 spiro atoms. The van der Waals surface area contributed by atoms with Crippen molar-refractivity contribution in [3.8, 4) is 11.3 Å². The molecule has 1 aliphatic rings. The Hall–Kier alpha value is -2.93. The van der Waals surface area contributed by atoms with Crippen molar-refractivity contribution in [1.82, 2.24) is 20.1 Å². The number of aromatic nitrogens is 3. The molecule has 7 heteroatoms. The van der Waals surface area contributed by atoms with Crippen LogP contribution in [0.4, 0.5) is 5.82 Å². The molecule has 0 saturated carbocycles. The summed E-state index contributed by atoms with van der Waals surface area (Å²) >= 11 is 1.67. The fraction of sp³-hybridized carbons (Fsp3) is 0.273. The van der Waals surface area contributed by atoms with Crippen molar-refractivity contribution in [2.45, 2.75) is 5.75 Å². The second-order valence-electron chi connectivity index (χ2n) is 6.86. The van der Waals surface area contributed by atoms with E-state index in [1.807, 2.05) is 47.4 Å². The second-order valence-corrected chi connectivity index (χ2v) is 7.84. The Morgan fingerprint density at radius 3 is 2.34 bits per heavy atom. The largest absolute Gasteiger partial charge is 0.352 e. The van der Waals surface area contributed by atoms with Crippen LogP contribution >= 0.6 is 11.8 Å². The third-order valence-corrected chi connectivity index (χ3v) is 5.91. The Labute approximate surface area is 175 Å². The number of nitrogens with zero attached hydrogens (tertiary/aromatic N) is 5. The van der Waals surface area contributed by atoms with Gasteiger partial charge in [-0.1, -0.05) is 30.3 Å². The minimum Gasteiger partial charge on any atom is -0.352 e. The van der Waals surface area contributed by atoms with Gasteiger partial charge in [0.05, 0.1) is 11.4 Å². The van der Waals surface area contributed by atoms with Gasteiger partial charge in [-0.3, -0.25) is 9.78 Å². The Balaban J connectivity index is 1.25. The van der Waals surface area contributed by atoms with Crippen LogP contribution < -0.4 is 4.90 Å². The first-order valence-corrected chi connectivity index (χ1v) is 10.8. The lowest BCUT2D eigenvalue weighted by molar-refractivity contribution is -0.128. The summed E-state index contributed by atoms with van der Waals surface area (Å²) < 4.78 is 0. The molecule has 1 aromatic carbocycles. The van der Waals surface area contributed by atoms with Crippen LogP contribution in [0, 0.1) is 0 Å². The SMILES string of the molecule is O=C(CSCc1ccccc1)N1CCN(c2ccc(-c3ccncc3)nn2)CC1. The van der Waals surface area contributed by atoms with Crippen molar-refractivity contribution >= 4 is 23.5 Å². The van der Waals surface area contributed by atoms with Gasteiger partial charge in [0, 0.05) is 49.9 Å². The number of anilines is 1. The molecule has 0 aliphatic carbocycles. The average Bonchev–Trinajstić information content (AvgIpc) is 2.80. The van der Waals surface area contributed by atoms with Gasteiger partial charge < -0.3 is 9.80 Å². The standard InChI is InChI=1S/C22H23N5OS/c28-22(17-29-16-18-4-2-1-3-5-18)27-14-12-26(13-15-27)21-7-6-20(24-25-21)19-8-10-23-11-9-19/h1-11H,12-17H2. The van der Waals surface area contributed by atoms with E-state index >= 15 is 0 Å². The van der Waals surface area contributed by atoms with Crippen molar-refractivity contribution in [2.75, 3.05) is 36.8 Å². The molecule has 0 bridgehead atoms. The predicted octanol–water partition coefficient (Wildman–Crippen LogP) is 3.12. The summed E-state index contributed by atoms with van der Waals surface area (Å²) in [5.41, 5.74) is 3.09. The molecule has 0 radical (unpaired) electrons. The maximum absolute atomic E-state index is 12.5. The van der Waals surface area contributed by atoms with E-state index in [0.717, 1.165) is 49.0 Å². The number of hydrogen-bond donors (Lipinski definition) is 0. The van der Waals surface area contributed by atoms with E-state index in [-0.39, 0.29) is 5.91 Å². The van der Waals surface area contributed by atoms with Gasteiger partial charge in [-0.25, -0.2) is 0 Å². The topological polar surface area (TPSA) is 62.2 Å². The van der Waals surface area contributed by atoms with Gasteiger partial charge in [-0.05, 0) is 29.8 Å². The van der Waals surface area contributed by atoms with E-state index in [2.05, 4.69) is 32.2 Å². The summed E-state index contributed by atoms with van der Waals surface area (Å²) in [5.74, 6) is 2.46. The molecule has 1 aliphatic heterocycles. The van der Waals surface area contributed by atoms with Crippen LogP contribution in [0.1, 0.15) is 5.56 Å². The highest BCUT2D eigenvalue weighted by molar-refractivity contribution is 7.99. The molecule has 1 fully saturated rings. The molecule has 3 aromatic rings. The first-order valence-electron chi connectivity index (χ1n) is 9.68. The van der Waals surface area contributed by atoms with Gasteiger partial charge in [-0.15, -0.1) is 22.0 Å². The lowest BCUT2D eigenvalue weighted by Gasteiger charge is -2.35. The lowest BCUT2D eigenvalue weighted by atomic mass is 10.2. The third kappa shape index (κ3) is 5.12. The predicted molar refractivity (Wildman–Crippen MR) is 117 cm³/mol. The number of thioether (sulfide) groups is 1. The number of carbonyl (C=O) groups is 1. The van der Waals surface area contributed by atoms with Gasteiger partial charge in [-0.2, -0.15) is 0 Å². The number of benzene rings is 1. The summed E-state index contributed by atoms with van der Waals surface area (Å²) in [4.78, 5) is 20.6. The van der Waals surface area contributed by atoms with Gasteiger partial charge >= 0.3 is 0 Å². The number of piperazine rings is 1. The lowest BCUT2D eigenvalue weighted by Crippen LogP contribution is -2.49. The van der Waals surface area contributed by atoms with Gasteiger partial charge in [0.25, 0.3) is 0 Å². The molecule has 0 unspecified atom stereocenters. The maximum Gasteiger partial charge on any atom is 0.232 e. The first-order chi connectivity index (χ1) is 14.3. The normalized spacial score (nSPS) is 14.1. The van der Waals surface area contributed by atoms with E-state index in [1.54, 1.807) is 24.2 Å². The fourth-order valence-corrected chi connectivity index (χ4v) is 4.16. The fourth-order valence-electron chi connectivity index (χ4n) is 3.28. The van der Waals surface area contributed by atoms with E-state index in [0.29, 0.717) is 5.75 Å². The summed E-state index contributed by atoms with van der Waals surface area (Å²) in [6, 6.07) is 18.1. The van der Waals surface area contributed by atoms with Crippen LogP contribution in [0.5, 0.6) is 0 Å². The highest BCUT2D eigenvalue weighted by Crippen LogP contribution is 2.19. The highest BCUT2D eigenvalue weighted by atomic mass is 32.2. The minimum atomic E-state index is 0.213. The van der Waals surface area contributed by atoms with Crippen molar-refractivity contribution < 1.29 is 4.79 Å². The van der Waals surface area contributed by atoms with E-state index in [1.165, 1.54) is 5.56 Å². The molecule has 2 aromatic heterocycles. The number of carbonyl (C=O) groups excluding carboxylic acids is 1. The zero-order valence-electron chi connectivity index (χ0n) is 16.1. The van der Waals surface area contributed by atoms with E-state index < -0.39 is 0 Å². The third-order valence-electron chi connectivity index (χ3n) is 4.92. The van der Waals surface area contributed by atoms with Gasteiger partial charge in [0.1, 0.15) is 0 Å². The molecule has 148 valence electrons. The summed E-state index contributed by atoms with van der Waals surface area (Å²) in [6.07, 6.45) is 3.50. The van der Waals surface area contributed by atoms with Crippen molar-refractivity contribution in [1.29, 1.82) is 0 Å². The first kappa shape index (κ1) is 19.4. The summed E-state index contributed by atoms with van der Waals surface area (Å²) in [5, 5.41) is 8.72. The number of hydrogen-bond acceptors (Lipinski definition) is 6. The van der Waals surface area contributed by atoms with Crippen LogP contribution in [-0.4, -0.2) is 57.9 Å². The molecule has 1 saturated heterocycles. The van der Waals surface area contributed by atoms with E-state index in [9.17, 15) is 4.79 Å². The quantitative estimate of drug-likeness (QED) is 0.628. The molecular weight excluding hydrogens is 382 g/mol. The molecule has 0 atom stereocenters. The van der Waals surface area contributed by atoms with Crippen LogP contribution in [0.2, 0.25) is 0 Å². The monoisotopic (exact) mass is 405 g/mol. The smallest absolute Gasteiger partial charge is 0.232 e. The van der Waals surface area contributed by atoms with Crippen LogP contribution in [-0.2, 0) is 10.5 Å². The Morgan fingerprint density at radius 1 is 0.897 bits per heavy atom. The molecule has 6 nitrogen and oxygen atoms in total. The number of amides is 1. The summed E-state index contributed by atoms with van der Waals surface area (Å²) in [6.45, 7) is 2.99. The van der Waals surface area contributed by atoms with E-state index in [4.69, 9.17) is 0 Å². The van der Waals surface area contributed by atoms with Crippen LogP contribution in [0.3, 0.4) is 0 Å². The van der Waals surface area contributed by atoms with Crippen molar-refractivity contribution in [2.24, 2.45) is 0 Å². The summed E-state index contributed by atoms with van der Waals surface area (Å²) in [7, 11) is 0. The number of pyridine rings is 1. The van der Waals surface area contributed by atoms with Crippen LogP contribution in [0.15, 0.2) is 67.0 Å². The van der Waals surface area contributed by atoms with Gasteiger partial charge in [0.2, 0.25) is 5.91 Å². The van der Waals surface area contributed by atoms with Crippen LogP contribution in [0.25, 0.3) is 11.3 Å². The molecule has 3 heterocycles. The second kappa shape index (κ2) is 9.52. The van der Waals surface area contributed by atoms with Crippen molar-refractivity contribution in [3.05, 3.63) is 72.6 Å². The molecule has 4 rings (SSSR count). The minimum absolute atomic E-state index is 0.213. The Bertz CT molecular complexity index is 913. The maximum atomic E-state index is 12.5. The Morgan fingerprint density at radius 2 is 1.66 bits per heavy atom.